The number of piperidine rings is 1. The summed E-state index contributed by atoms with van der Waals surface area (Å²) in [6.07, 6.45) is 2.03. The summed E-state index contributed by atoms with van der Waals surface area (Å²) in [4.78, 5) is 26.5. The highest BCUT2D eigenvalue weighted by molar-refractivity contribution is 5.97. The van der Waals surface area contributed by atoms with Crippen molar-refractivity contribution in [2.75, 3.05) is 26.7 Å². The Morgan fingerprint density at radius 2 is 1.73 bits per heavy atom. The van der Waals surface area contributed by atoms with Gasteiger partial charge in [0.1, 0.15) is 11.9 Å². The summed E-state index contributed by atoms with van der Waals surface area (Å²) in [6.45, 7) is 2.12. The first-order valence-electron chi connectivity index (χ1n) is 10.4. The van der Waals surface area contributed by atoms with Crippen molar-refractivity contribution >= 4 is 11.9 Å². The van der Waals surface area contributed by atoms with Gasteiger partial charge in [0.2, 0.25) is 0 Å². The quantitative estimate of drug-likeness (QED) is 0.471. The first-order valence-corrected chi connectivity index (χ1v) is 10.4. The number of benzene rings is 2. The number of ketones is 1. The van der Waals surface area contributed by atoms with Crippen LogP contribution in [0, 0.1) is 11.7 Å². The molecule has 1 aliphatic heterocycles. The maximum absolute atomic E-state index is 13.1. The van der Waals surface area contributed by atoms with Crippen LogP contribution in [0.15, 0.2) is 54.6 Å². The molecule has 0 spiro atoms. The SMILES string of the molecule is COC(=O)OC(CCc1ccccc1)CN1CCC(C(=O)c2ccc(F)cc2)CC1. The molecule has 6 heteroatoms. The van der Waals surface area contributed by atoms with E-state index < -0.39 is 6.16 Å². The summed E-state index contributed by atoms with van der Waals surface area (Å²) >= 11 is 0. The van der Waals surface area contributed by atoms with Gasteiger partial charge < -0.3 is 9.47 Å². The number of hydrogen-bond acceptors (Lipinski definition) is 5. The van der Waals surface area contributed by atoms with Gasteiger partial charge in [-0.1, -0.05) is 30.3 Å². The molecule has 0 radical (unpaired) electrons. The third-order valence-electron chi connectivity index (χ3n) is 5.58. The Balaban J connectivity index is 1.52. The minimum absolute atomic E-state index is 0.0593. The van der Waals surface area contributed by atoms with Gasteiger partial charge in [-0.25, -0.2) is 9.18 Å². The minimum atomic E-state index is -0.672. The first kappa shape index (κ1) is 22.0. The molecular weight excluding hydrogens is 385 g/mol. The molecule has 0 bridgehead atoms. The molecule has 1 aliphatic rings. The fourth-order valence-electron chi connectivity index (χ4n) is 3.86. The number of halogens is 1. The van der Waals surface area contributed by atoms with Crippen LogP contribution in [0.1, 0.15) is 35.2 Å². The Morgan fingerprint density at radius 1 is 1.07 bits per heavy atom. The number of carbonyl (C=O) groups excluding carboxylic acids is 2. The molecule has 0 aromatic heterocycles. The molecule has 0 aliphatic carbocycles. The number of nitrogens with zero attached hydrogens (tertiary/aromatic N) is 1. The van der Waals surface area contributed by atoms with Crippen molar-refractivity contribution in [3.8, 4) is 0 Å². The Kier molecular flexibility index (Phi) is 7.97. The molecule has 0 saturated carbocycles. The second-order valence-corrected chi connectivity index (χ2v) is 7.66. The molecule has 5 nitrogen and oxygen atoms in total. The van der Waals surface area contributed by atoms with Crippen LogP contribution in [-0.4, -0.2) is 49.7 Å². The van der Waals surface area contributed by atoms with Crippen molar-refractivity contribution < 1.29 is 23.5 Å². The molecule has 1 unspecified atom stereocenters. The molecule has 30 heavy (non-hydrogen) atoms. The molecule has 1 saturated heterocycles. The number of rotatable bonds is 8. The van der Waals surface area contributed by atoms with Crippen molar-refractivity contribution in [1.29, 1.82) is 0 Å². The van der Waals surface area contributed by atoms with E-state index >= 15 is 0 Å². The van der Waals surface area contributed by atoms with Crippen LogP contribution >= 0.6 is 0 Å². The Morgan fingerprint density at radius 3 is 2.37 bits per heavy atom. The second kappa shape index (κ2) is 10.9. The number of methoxy groups -OCH3 is 1. The van der Waals surface area contributed by atoms with E-state index in [1.54, 1.807) is 12.1 Å². The van der Waals surface area contributed by atoms with E-state index in [1.807, 2.05) is 18.2 Å². The van der Waals surface area contributed by atoms with Gasteiger partial charge in [-0.2, -0.15) is 0 Å². The van der Waals surface area contributed by atoms with Gasteiger partial charge in [0.15, 0.2) is 5.78 Å². The average molecular weight is 413 g/mol. The molecule has 1 atom stereocenters. The van der Waals surface area contributed by atoms with E-state index in [1.165, 1.54) is 24.8 Å². The van der Waals surface area contributed by atoms with Crippen LogP contribution in [0.4, 0.5) is 9.18 Å². The summed E-state index contributed by atoms with van der Waals surface area (Å²) in [5.74, 6) is -0.328. The summed E-state index contributed by atoms with van der Waals surface area (Å²) in [5.41, 5.74) is 1.75. The summed E-state index contributed by atoms with van der Waals surface area (Å²) in [5, 5.41) is 0. The standard InChI is InChI=1S/C24H28FNO4/c1-29-24(28)30-22(12-7-18-5-3-2-4-6-18)17-26-15-13-20(14-16-26)23(27)19-8-10-21(25)11-9-19/h2-6,8-11,20,22H,7,12-17H2,1H3. The van der Waals surface area contributed by atoms with Crippen LogP contribution in [0.25, 0.3) is 0 Å². The van der Waals surface area contributed by atoms with Gasteiger partial charge in [0.25, 0.3) is 0 Å². The molecule has 1 fully saturated rings. The van der Waals surface area contributed by atoms with Crippen LogP contribution in [-0.2, 0) is 15.9 Å². The number of aryl methyl sites for hydroxylation is 1. The van der Waals surface area contributed by atoms with Crippen molar-refractivity contribution in [3.63, 3.8) is 0 Å². The van der Waals surface area contributed by atoms with E-state index in [0.717, 1.165) is 32.4 Å². The predicted molar refractivity (Wildman–Crippen MR) is 112 cm³/mol. The smallest absolute Gasteiger partial charge is 0.438 e. The zero-order valence-electron chi connectivity index (χ0n) is 17.3. The molecule has 160 valence electrons. The predicted octanol–water partition coefficient (Wildman–Crippen LogP) is 4.50. The lowest BCUT2D eigenvalue weighted by Crippen LogP contribution is -2.42. The molecule has 2 aromatic rings. The lowest BCUT2D eigenvalue weighted by Gasteiger charge is -2.33. The monoisotopic (exact) mass is 413 g/mol. The van der Waals surface area contributed by atoms with Gasteiger partial charge in [-0.3, -0.25) is 9.69 Å². The van der Waals surface area contributed by atoms with Crippen molar-refractivity contribution in [3.05, 3.63) is 71.5 Å². The average Bonchev–Trinajstić information content (AvgIpc) is 2.78. The second-order valence-electron chi connectivity index (χ2n) is 7.66. The van der Waals surface area contributed by atoms with E-state index in [-0.39, 0.29) is 23.6 Å². The third kappa shape index (κ3) is 6.39. The van der Waals surface area contributed by atoms with E-state index in [0.29, 0.717) is 18.5 Å². The highest BCUT2D eigenvalue weighted by Gasteiger charge is 2.28. The Hall–Kier alpha value is -2.73. The highest BCUT2D eigenvalue weighted by atomic mass is 19.1. The van der Waals surface area contributed by atoms with Gasteiger partial charge in [-0.15, -0.1) is 0 Å². The number of Topliss-reactive ketones (excluding diaryl/α,β-unsaturated/α-hetero) is 1. The summed E-state index contributed by atoms with van der Waals surface area (Å²) < 4.78 is 23.2. The van der Waals surface area contributed by atoms with Gasteiger partial charge in [0.05, 0.1) is 7.11 Å². The lowest BCUT2D eigenvalue weighted by atomic mass is 9.88. The van der Waals surface area contributed by atoms with Crippen molar-refractivity contribution in [2.45, 2.75) is 31.8 Å². The minimum Gasteiger partial charge on any atom is -0.438 e. The number of carbonyl (C=O) groups is 2. The first-order chi connectivity index (χ1) is 14.5. The number of ether oxygens (including phenoxy) is 2. The van der Waals surface area contributed by atoms with Gasteiger partial charge in [0, 0.05) is 18.0 Å². The van der Waals surface area contributed by atoms with E-state index in [4.69, 9.17) is 4.74 Å². The maximum atomic E-state index is 13.1. The molecule has 0 N–H and O–H groups in total. The molecule has 0 amide bonds. The Labute approximate surface area is 176 Å². The molecule has 1 heterocycles. The summed E-state index contributed by atoms with van der Waals surface area (Å²) in [7, 11) is 1.31. The normalized spacial score (nSPS) is 16.1. The maximum Gasteiger partial charge on any atom is 0.508 e. The van der Waals surface area contributed by atoms with Gasteiger partial charge >= 0.3 is 6.16 Å². The molecule has 3 rings (SSSR count). The largest absolute Gasteiger partial charge is 0.508 e. The number of hydrogen-bond donors (Lipinski definition) is 0. The van der Waals surface area contributed by atoms with Crippen LogP contribution < -0.4 is 0 Å². The molecule has 2 aromatic carbocycles. The van der Waals surface area contributed by atoms with Crippen LogP contribution in [0.5, 0.6) is 0 Å². The number of likely N-dealkylation sites (tertiary alicyclic amines) is 1. The lowest BCUT2D eigenvalue weighted by molar-refractivity contribution is 0.0140. The van der Waals surface area contributed by atoms with E-state index in [9.17, 15) is 14.0 Å². The zero-order chi connectivity index (χ0) is 21.3. The fourth-order valence-corrected chi connectivity index (χ4v) is 3.86. The van der Waals surface area contributed by atoms with Crippen LogP contribution in [0.2, 0.25) is 0 Å². The van der Waals surface area contributed by atoms with Crippen LogP contribution in [0.3, 0.4) is 0 Å². The fraction of sp³-hybridized carbons (Fsp3) is 0.417. The Bertz CT molecular complexity index is 817. The topological polar surface area (TPSA) is 55.8 Å². The molecular formula is C24H28FNO4. The van der Waals surface area contributed by atoms with Crippen molar-refractivity contribution in [1.82, 2.24) is 4.90 Å². The van der Waals surface area contributed by atoms with Gasteiger partial charge in [-0.05, 0) is 68.6 Å². The highest BCUT2D eigenvalue weighted by Crippen LogP contribution is 2.23. The summed E-state index contributed by atoms with van der Waals surface area (Å²) in [6, 6.07) is 15.8. The third-order valence-corrected chi connectivity index (χ3v) is 5.58. The van der Waals surface area contributed by atoms with Crippen molar-refractivity contribution in [2.24, 2.45) is 5.92 Å². The zero-order valence-corrected chi connectivity index (χ0v) is 17.3. The van der Waals surface area contributed by atoms with E-state index in [2.05, 4.69) is 21.8 Å².